The summed E-state index contributed by atoms with van der Waals surface area (Å²) in [6.45, 7) is 4.10. The molecule has 1 aliphatic rings. The zero-order valence-electron chi connectivity index (χ0n) is 8.42. The van der Waals surface area contributed by atoms with Gasteiger partial charge in [-0.3, -0.25) is 0 Å². The monoisotopic (exact) mass is 196 g/mol. The highest BCUT2D eigenvalue weighted by atomic mass is 16.4. The van der Waals surface area contributed by atoms with Crippen LogP contribution in [0.1, 0.15) is 29.7 Å². The number of hydrogen-bond acceptors (Lipinski definition) is 4. The minimum atomic E-state index is 0.0995. The first-order valence-electron chi connectivity index (χ1n) is 5.09. The molecule has 1 aromatic rings. The Labute approximate surface area is 83.3 Å². The van der Waals surface area contributed by atoms with Crippen LogP contribution in [0.25, 0.3) is 0 Å². The molecule has 0 aliphatic carbocycles. The molecule has 1 atom stereocenters. The number of oxazole rings is 1. The summed E-state index contributed by atoms with van der Waals surface area (Å²) in [6, 6.07) is 0. The summed E-state index contributed by atoms with van der Waals surface area (Å²) in [7, 11) is 0. The van der Waals surface area contributed by atoms with Crippen molar-refractivity contribution in [2.75, 3.05) is 19.7 Å². The van der Waals surface area contributed by atoms with Crippen LogP contribution in [0, 0.1) is 6.92 Å². The van der Waals surface area contributed by atoms with Crippen molar-refractivity contribution in [3.05, 3.63) is 17.3 Å². The van der Waals surface area contributed by atoms with Gasteiger partial charge in [-0.05, 0) is 19.9 Å². The molecule has 2 N–H and O–H groups in total. The van der Waals surface area contributed by atoms with Crippen LogP contribution in [0.2, 0.25) is 0 Å². The van der Waals surface area contributed by atoms with E-state index < -0.39 is 0 Å². The SMILES string of the molecule is Cc1oc(CCO)nc1C1CCNC1. The summed E-state index contributed by atoms with van der Waals surface area (Å²) < 4.78 is 5.47. The van der Waals surface area contributed by atoms with Gasteiger partial charge < -0.3 is 14.8 Å². The maximum absolute atomic E-state index is 8.77. The van der Waals surface area contributed by atoms with Gasteiger partial charge in [0.15, 0.2) is 5.89 Å². The Morgan fingerprint density at radius 3 is 3.14 bits per heavy atom. The molecule has 1 aromatic heterocycles. The Balaban J connectivity index is 2.15. The predicted octanol–water partition coefficient (Wildman–Crippen LogP) is 0.595. The molecule has 0 radical (unpaired) electrons. The number of hydrogen-bond donors (Lipinski definition) is 2. The van der Waals surface area contributed by atoms with Crippen molar-refractivity contribution in [3.8, 4) is 0 Å². The number of nitrogens with zero attached hydrogens (tertiary/aromatic N) is 1. The van der Waals surface area contributed by atoms with Crippen LogP contribution < -0.4 is 5.32 Å². The van der Waals surface area contributed by atoms with Crippen LogP contribution in [-0.2, 0) is 6.42 Å². The first-order chi connectivity index (χ1) is 6.81. The molecule has 1 aliphatic heterocycles. The van der Waals surface area contributed by atoms with Crippen molar-refractivity contribution in [2.45, 2.75) is 25.7 Å². The molecule has 78 valence electrons. The van der Waals surface area contributed by atoms with Gasteiger partial charge in [-0.25, -0.2) is 4.98 Å². The Bertz CT molecular complexity index is 303. The lowest BCUT2D eigenvalue weighted by Gasteiger charge is -2.03. The standard InChI is InChI=1S/C10H16N2O2/c1-7-10(8-2-4-11-6-8)12-9(14-7)3-5-13/h8,11,13H,2-6H2,1H3. The van der Waals surface area contributed by atoms with Crippen LogP contribution in [0.15, 0.2) is 4.42 Å². The number of nitrogens with one attached hydrogen (secondary N) is 1. The molecule has 0 bridgehead atoms. The van der Waals surface area contributed by atoms with E-state index in [-0.39, 0.29) is 6.61 Å². The number of aliphatic hydroxyl groups excluding tert-OH is 1. The minimum Gasteiger partial charge on any atom is -0.446 e. The lowest BCUT2D eigenvalue weighted by atomic mass is 10.0. The predicted molar refractivity (Wildman–Crippen MR) is 52.3 cm³/mol. The molecule has 0 aromatic carbocycles. The van der Waals surface area contributed by atoms with Gasteiger partial charge in [0.25, 0.3) is 0 Å². The summed E-state index contributed by atoms with van der Waals surface area (Å²) in [5, 5.41) is 12.1. The fourth-order valence-corrected chi connectivity index (χ4v) is 1.93. The normalized spacial score (nSPS) is 21.7. The molecule has 14 heavy (non-hydrogen) atoms. The summed E-state index contributed by atoms with van der Waals surface area (Å²) >= 11 is 0. The third-order valence-electron chi connectivity index (χ3n) is 2.65. The minimum absolute atomic E-state index is 0.0995. The third-order valence-corrected chi connectivity index (χ3v) is 2.65. The van der Waals surface area contributed by atoms with E-state index in [1.165, 1.54) is 0 Å². The quantitative estimate of drug-likeness (QED) is 0.743. The molecule has 2 rings (SSSR count). The van der Waals surface area contributed by atoms with E-state index in [4.69, 9.17) is 9.52 Å². The van der Waals surface area contributed by atoms with Gasteiger partial charge in [-0.2, -0.15) is 0 Å². The van der Waals surface area contributed by atoms with Crippen molar-refractivity contribution < 1.29 is 9.52 Å². The van der Waals surface area contributed by atoms with Gasteiger partial charge in [-0.1, -0.05) is 0 Å². The lowest BCUT2D eigenvalue weighted by molar-refractivity contribution is 0.284. The highest BCUT2D eigenvalue weighted by Gasteiger charge is 2.22. The molecular weight excluding hydrogens is 180 g/mol. The molecule has 0 spiro atoms. The average molecular weight is 196 g/mol. The molecule has 0 amide bonds. The second-order valence-electron chi connectivity index (χ2n) is 3.71. The van der Waals surface area contributed by atoms with Crippen molar-refractivity contribution in [3.63, 3.8) is 0 Å². The van der Waals surface area contributed by atoms with Gasteiger partial charge in [0.2, 0.25) is 0 Å². The molecular formula is C10H16N2O2. The van der Waals surface area contributed by atoms with E-state index in [1.54, 1.807) is 0 Å². The Hall–Kier alpha value is -0.870. The summed E-state index contributed by atoms with van der Waals surface area (Å²) in [5.41, 5.74) is 1.07. The first kappa shape index (κ1) is 9.68. The van der Waals surface area contributed by atoms with Gasteiger partial charge in [0, 0.05) is 18.9 Å². The van der Waals surface area contributed by atoms with E-state index >= 15 is 0 Å². The molecule has 2 heterocycles. The average Bonchev–Trinajstić information content (AvgIpc) is 2.74. The Morgan fingerprint density at radius 2 is 2.50 bits per heavy atom. The van der Waals surface area contributed by atoms with E-state index in [0.717, 1.165) is 31.0 Å². The van der Waals surface area contributed by atoms with Crippen LogP contribution in [0.3, 0.4) is 0 Å². The van der Waals surface area contributed by atoms with Crippen molar-refractivity contribution >= 4 is 0 Å². The Kier molecular flexibility index (Phi) is 2.84. The van der Waals surface area contributed by atoms with Crippen LogP contribution in [-0.4, -0.2) is 29.8 Å². The zero-order valence-corrected chi connectivity index (χ0v) is 8.42. The van der Waals surface area contributed by atoms with Gasteiger partial charge >= 0.3 is 0 Å². The second-order valence-corrected chi connectivity index (χ2v) is 3.71. The largest absolute Gasteiger partial charge is 0.446 e. The maximum atomic E-state index is 8.77. The topological polar surface area (TPSA) is 58.3 Å². The summed E-state index contributed by atoms with van der Waals surface area (Å²) in [6.07, 6.45) is 1.65. The van der Waals surface area contributed by atoms with E-state index in [2.05, 4.69) is 10.3 Å². The number of rotatable bonds is 3. The summed E-state index contributed by atoms with van der Waals surface area (Å²) in [5.74, 6) is 2.06. The molecule has 4 nitrogen and oxygen atoms in total. The highest BCUT2D eigenvalue weighted by molar-refractivity contribution is 5.16. The van der Waals surface area contributed by atoms with Crippen LogP contribution in [0.4, 0.5) is 0 Å². The Morgan fingerprint density at radius 1 is 1.64 bits per heavy atom. The van der Waals surface area contributed by atoms with E-state index in [1.807, 2.05) is 6.92 Å². The van der Waals surface area contributed by atoms with Crippen molar-refractivity contribution in [1.29, 1.82) is 0 Å². The maximum Gasteiger partial charge on any atom is 0.196 e. The lowest BCUT2D eigenvalue weighted by Crippen LogP contribution is -2.08. The number of aryl methyl sites for hydroxylation is 1. The number of aromatic nitrogens is 1. The molecule has 0 saturated carbocycles. The second kappa shape index (κ2) is 4.11. The molecule has 1 fully saturated rings. The van der Waals surface area contributed by atoms with Gasteiger partial charge in [0.05, 0.1) is 12.3 Å². The highest BCUT2D eigenvalue weighted by Crippen LogP contribution is 2.25. The van der Waals surface area contributed by atoms with E-state index in [9.17, 15) is 0 Å². The van der Waals surface area contributed by atoms with Gasteiger partial charge in [0.1, 0.15) is 5.76 Å². The molecule has 1 unspecified atom stereocenters. The van der Waals surface area contributed by atoms with Crippen LogP contribution in [0.5, 0.6) is 0 Å². The molecule has 1 saturated heterocycles. The van der Waals surface area contributed by atoms with Crippen LogP contribution >= 0.6 is 0 Å². The van der Waals surface area contributed by atoms with Gasteiger partial charge in [-0.15, -0.1) is 0 Å². The first-order valence-corrected chi connectivity index (χ1v) is 5.09. The van der Waals surface area contributed by atoms with E-state index in [0.29, 0.717) is 18.2 Å². The zero-order chi connectivity index (χ0) is 9.97. The third kappa shape index (κ3) is 1.81. The fourth-order valence-electron chi connectivity index (χ4n) is 1.93. The van der Waals surface area contributed by atoms with Crippen molar-refractivity contribution in [2.24, 2.45) is 0 Å². The summed E-state index contributed by atoms with van der Waals surface area (Å²) in [4.78, 5) is 4.41. The number of aliphatic hydroxyl groups is 1. The van der Waals surface area contributed by atoms with Crippen molar-refractivity contribution in [1.82, 2.24) is 10.3 Å². The smallest absolute Gasteiger partial charge is 0.196 e. The fraction of sp³-hybridized carbons (Fsp3) is 0.700. The molecule has 4 heteroatoms.